The number of hydrogen-bond acceptors (Lipinski definition) is 2. The smallest absolute Gasteiger partial charge is 0.410 e. The lowest BCUT2D eigenvalue weighted by Crippen LogP contribution is -2.39. The highest BCUT2D eigenvalue weighted by Gasteiger charge is 2.25. The Morgan fingerprint density at radius 1 is 1.37 bits per heavy atom. The monoisotopic (exact) mass is 257 g/mol. The van der Waals surface area contributed by atoms with Crippen molar-refractivity contribution >= 4 is 6.09 Å². The Hall–Kier alpha value is -1.95. The van der Waals surface area contributed by atoms with Crippen LogP contribution < -0.4 is 0 Å². The van der Waals surface area contributed by atoms with Gasteiger partial charge in [-0.05, 0) is 50.5 Å². The number of hydrogen-bond donors (Lipinski definition) is 0. The molecule has 0 radical (unpaired) electrons. The maximum absolute atomic E-state index is 12.0. The fourth-order valence-corrected chi connectivity index (χ4v) is 2.13. The minimum Gasteiger partial charge on any atom is -0.444 e. The normalized spacial score (nSPS) is 14.5. The van der Waals surface area contributed by atoms with E-state index in [4.69, 9.17) is 11.2 Å². The number of fused-ring (bicyclic) bond motifs is 1. The van der Waals surface area contributed by atoms with Gasteiger partial charge in [-0.25, -0.2) is 4.79 Å². The van der Waals surface area contributed by atoms with Crippen LogP contribution in [-0.2, 0) is 17.7 Å². The van der Waals surface area contributed by atoms with E-state index in [1.54, 1.807) is 4.90 Å². The van der Waals surface area contributed by atoms with Gasteiger partial charge in [0.15, 0.2) is 0 Å². The number of amides is 1. The van der Waals surface area contributed by atoms with Crippen molar-refractivity contribution in [2.45, 2.75) is 39.3 Å². The van der Waals surface area contributed by atoms with E-state index in [9.17, 15) is 4.79 Å². The van der Waals surface area contributed by atoms with Crippen LogP contribution in [-0.4, -0.2) is 23.1 Å². The topological polar surface area (TPSA) is 29.5 Å². The lowest BCUT2D eigenvalue weighted by molar-refractivity contribution is 0.0224. The molecule has 0 saturated carbocycles. The van der Waals surface area contributed by atoms with Crippen LogP contribution in [0.5, 0.6) is 0 Å². The third-order valence-corrected chi connectivity index (χ3v) is 3.04. The van der Waals surface area contributed by atoms with E-state index >= 15 is 0 Å². The lowest BCUT2D eigenvalue weighted by Gasteiger charge is -2.31. The molecule has 0 spiro atoms. The molecule has 0 N–H and O–H groups in total. The van der Waals surface area contributed by atoms with Crippen LogP contribution in [0, 0.1) is 12.3 Å². The zero-order chi connectivity index (χ0) is 14.0. The van der Waals surface area contributed by atoms with E-state index in [1.807, 2.05) is 39.0 Å². The maximum Gasteiger partial charge on any atom is 0.410 e. The number of carbonyl (C=O) groups is 1. The van der Waals surface area contributed by atoms with Crippen LogP contribution in [0.1, 0.15) is 37.5 Å². The second-order valence-corrected chi connectivity index (χ2v) is 5.78. The number of carbonyl (C=O) groups excluding carboxylic acids is 1. The largest absolute Gasteiger partial charge is 0.444 e. The SMILES string of the molecule is C#Cc1ccc2c(c1)CCN(C(=O)OC(C)(C)C)C2. The summed E-state index contributed by atoms with van der Waals surface area (Å²) >= 11 is 0. The third-order valence-electron chi connectivity index (χ3n) is 3.04. The quantitative estimate of drug-likeness (QED) is 0.669. The van der Waals surface area contributed by atoms with Gasteiger partial charge in [0.25, 0.3) is 0 Å². The summed E-state index contributed by atoms with van der Waals surface area (Å²) in [7, 11) is 0. The summed E-state index contributed by atoms with van der Waals surface area (Å²) < 4.78 is 5.39. The first-order valence-electron chi connectivity index (χ1n) is 6.45. The number of rotatable bonds is 0. The van der Waals surface area contributed by atoms with Gasteiger partial charge in [0.05, 0.1) is 0 Å². The molecule has 0 fully saturated rings. The van der Waals surface area contributed by atoms with Crippen molar-refractivity contribution in [2.75, 3.05) is 6.54 Å². The lowest BCUT2D eigenvalue weighted by atomic mass is 9.98. The minimum atomic E-state index is -0.454. The minimum absolute atomic E-state index is 0.251. The summed E-state index contributed by atoms with van der Waals surface area (Å²) in [4.78, 5) is 13.8. The molecule has 3 nitrogen and oxygen atoms in total. The zero-order valence-electron chi connectivity index (χ0n) is 11.7. The molecule has 0 atom stereocenters. The summed E-state index contributed by atoms with van der Waals surface area (Å²) in [6, 6.07) is 5.94. The summed E-state index contributed by atoms with van der Waals surface area (Å²) in [6.45, 7) is 6.90. The molecule has 1 amide bonds. The number of terminal acetylenes is 1. The first-order chi connectivity index (χ1) is 8.89. The summed E-state index contributed by atoms with van der Waals surface area (Å²) in [5.74, 6) is 2.64. The van der Waals surface area contributed by atoms with E-state index in [-0.39, 0.29) is 6.09 Å². The van der Waals surface area contributed by atoms with Gasteiger partial charge in [-0.3, -0.25) is 0 Å². The van der Waals surface area contributed by atoms with Crippen molar-refractivity contribution in [3.8, 4) is 12.3 Å². The van der Waals surface area contributed by atoms with Crippen LogP contribution in [0.2, 0.25) is 0 Å². The van der Waals surface area contributed by atoms with Crippen molar-refractivity contribution in [2.24, 2.45) is 0 Å². The van der Waals surface area contributed by atoms with Gasteiger partial charge in [0.2, 0.25) is 0 Å². The molecule has 0 saturated heterocycles. The van der Waals surface area contributed by atoms with Gasteiger partial charge in [-0.1, -0.05) is 12.0 Å². The Labute approximate surface area is 114 Å². The number of ether oxygens (including phenoxy) is 1. The average Bonchev–Trinajstić information content (AvgIpc) is 2.35. The summed E-state index contributed by atoms with van der Waals surface area (Å²) in [5, 5.41) is 0. The second kappa shape index (κ2) is 4.97. The molecule has 2 rings (SSSR count). The van der Waals surface area contributed by atoms with Crippen molar-refractivity contribution in [1.29, 1.82) is 0 Å². The fraction of sp³-hybridized carbons (Fsp3) is 0.438. The first kappa shape index (κ1) is 13.5. The predicted molar refractivity (Wildman–Crippen MR) is 74.7 cm³/mol. The van der Waals surface area contributed by atoms with Gasteiger partial charge in [-0.2, -0.15) is 0 Å². The molecule has 1 heterocycles. The van der Waals surface area contributed by atoms with Crippen molar-refractivity contribution in [3.05, 3.63) is 34.9 Å². The van der Waals surface area contributed by atoms with Crippen LogP contribution in [0.25, 0.3) is 0 Å². The summed E-state index contributed by atoms with van der Waals surface area (Å²) in [5.41, 5.74) is 2.82. The van der Waals surface area contributed by atoms with Gasteiger partial charge < -0.3 is 9.64 Å². The standard InChI is InChI=1S/C16H19NO2/c1-5-12-6-7-14-11-17(9-8-13(14)10-12)15(18)19-16(2,3)4/h1,6-7,10H,8-9,11H2,2-4H3. The Kier molecular flexibility index (Phi) is 3.53. The number of nitrogens with zero attached hydrogens (tertiary/aromatic N) is 1. The van der Waals surface area contributed by atoms with Crippen LogP contribution in [0.15, 0.2) is 18.2 Å². The Morgan fingerprint density at radius 2 is 2.11 bits per heavy atom. The molecule has 1 aromatic carbocycles. The predicted octanol–water partition coefficient (Wildman–Crippen LogP) is 2.96. The van der Waals surface area contributed by atoms with Gasteiger partial charge in [0.1, 0.15) is 5.60 Å². The van der Waals surface area contributed by atoms with Crippen molar-refractivity contribution < 1.29 is 9.53 Å². The molecule has 0 unspecified atom stereocenters. The molecule has 1 aromatic rings. The zero-order valence-corrected chi connectivity index (χ0v) is 11.7. The molecule has 0 aromatic heterocycles. The van der Waals surface area contributed by atoms with Crippen LogP contribution >= 0.6 is 0 Å². The van der Waals surface area contributed by atoms with Crippen LogP contribution in [0.3, 0.4) is 0 Å². The molecular weight excluding hydrogens is 238 g/mol. The Bertz CT molecular complexity index is 535. The number of benzene rings is 1. The Morgan fingerprint density at radius 3 is 2.74 bits per heavy atom. The van der Waals surface area contributed by atoms with Crippen LogP contribution in [0.4, 0.5) is 4.79 Å². The molecule has 3 heteroatoms. The van der Waals surface area contributed by atoms with E-state index in [2.05, 4.69) is 5.92 Å². The molecule has 1 aliphatic rings. The average molecular weight is 257 g/mol. The third kappa shape index (κ3) is 3.29. The highest BCUT2D eigenvalue weighted by Crippen LogP contribution is 2.22. The van der Waals surface area contributed by atoms with Gasteiger partial charge in [-0.15, -0.1) is 6.42 Å². The first-order valence-corrected chi connectivity index (χ1v) is 6.45. The van der Waals surface area contributed by atoms with E-state index in [0.717, 1.165) is 17.5 Å². The maximum atomic E-state index is 12.0. The molecular formula is C16H19NO2. The van der Waals surface area contributed by atoms with E-state index in [1.165, 1.54) is 5.56 Å². The molecule has 19 heavy (non-hydrogen) atoms. The van der Waals surface area contributed by atoms with Crippen molar-refractivity contribution in [1.82, 2.24) is 4.90 Å². The molecule has 1 aliphatic heterocycles. The highest BCUT2D eigenvalue weighted by atomic mass is 16.6. The highest BCUT2D eigenvalue weighted by molar-refractivity contribution is 5.68. The molecule has 100 valence electrons. The van der Waals surface area contributed by atoms with E-state index in [0.29, 0.717) is 13.1 Å². The van der Waals surface area contributed by atoms with E-state index < -0.39 is 5.60 Å². The fourth-order valence-electron chi connectivity index (χ4n) is 2.13. The molecule has 0 bridgehead atoms. The summed E-state index contributed by atoms with van der Waals surface area (Å²) in [6.07, 6.45) is 5.97. The van der Waals surface area contributed by atoms with Crippen molar-refractivity contribution in [3.63, 3.8) is 0 Å². The van der Waals surface area contributed by atoms with Gasteiger partial charge in [0, 0.05) is 18.7 Å². The Balaban J connectivity index is 2.11. The molecule has 0 aliphatic carbocycles. The van der Waals surface area contributed by atoms with Gasteiger partial charge >= 0.3 is 6.09 Å². The second-order valence-electron chi connectivity index (χ2n) is 5.78.